The average molecular weight is 583 g/mol. The lowest BCUT2D eigenvalue weighted by molar-refractivity contribution is -0.133. The van der Waals surface area contributed by atoms with Crippen molar-refractivity contribution in [2.45, 2.75) is 91.6 Å². The topological polar surface area (TPSA) is 149 Å². The van der Waals surface area contributed by atoms with Gasteiger partial charge in [-0.15, -0.1) is 0 Å². The highest BCUT2D eigenvalue weighted by atomic mass is 16.6. The molecule has 0 aromatic heterocycles. The third kappa shape index (κ3) is 12.2. The molecule has 2 rings (SSSR count). The van der Waals surface area contributed by atoms with Gasteiger partial charge < -0.3 is 31.2 Å². The van der Waals surface area contributed by atoms with Gasteiger partial charge in [0.1, 0.15) is 36.1 Å². The summed E-state index contributed by atoms with van der Waals surface area (Å²) in [5.74, 6) is -1.29. The highest BCUT2D eigenvalue weighted by molar-refractivity contribution is 5.93. The Labute approximate surface area is 249 Å². The predicted molar refractivity (Wildman–Crippen MR) is 161 cm³/mol. The number of rotatable bonds is 14. The lowest BCUT2D eigenvalue weighted by Crippen LogP contribution is -2.58. The summed E-state index contributed by atoms with van der Waals surface area (Å²) in [7, 11) is 0. The van der Waals surface area contributed by atoms with Crippen molar-refractivity contribution in [1.82, 2.24) is 16.0 Å². The Morgan fingerprint density at radius 3 is 1.93 bits per heavy atom. The van der Waals surface area contributed by atoms with Crippen molar-refractivity contribution in [3.8, 4) is 5.75 Å². The number of hydrogen-bond donors (Lipinski definition) is 4. The van der Waals surface area contributed by atoms with E-state index in [1.54, 1.807) is 46.8 Å². The molecule has 2 aromatic carbocycles. The van der Waals surface area contributed by atoms with Gasteiger partial charge in [-0.1, -0.05) is 70.2 Å². The normalized spacial score (nSPS) is 13.5. The molecule has 0 aliphatic rings. The Bertz CT molecular complexity index is 1180. The second-order valence-corrected chi connectivity index (χ2v) is 12.1. The van der Waals surface area contributed by atoms with Crippen LogP contribution in [0.2, 0.25) is 0 Å². The van der Waals surface area contributed by atoms with Gasteiger partial charge in [0, 0.05) is 6.42 Å². The number of nitrogens with one attached hydrogen (secondary N) is 3. The van der Waals surface area contributed by atoms with Gasteiger partial charge in [-0.3, -0.25) is 14.4 Å². The summed E-state index contributed by atoms with van der Waals surface area (Å²) in [6.07, 6.45) is -0.261. The molecule has 0 radical (unpaired) electrons. The van der Waals surface area contributed by atoms with Gasteiger partial charge in [-0.25, -0.2) is 4.79 Å². The summed E-state index contributed by atoms with van der Waals surface area (Å²) in [6.45, 7) is 13.0. The van der Waals surface area contributed by atoms with Gasteiger partial charge in [-0.05, 0) is 62.3 Å². The molecule has 4 amide bonds. The minimum Gasteiger partial charge on any atom is -0.489 e. The Hall–Kier alpha value is -4.08. The Morgan fingerprint density at radius 2 is 1.40 bits per heavy atom. The van der Waals surface area contributed by atoms with Crippen LogP contribution in [0.15, 0.2) is 54.6 Å². The molecular weight excluding hydrogens is 536 g/mol. The Balaban J connectivity index is 2.18. The first-order chi connectivity index (χ1) is 19.6. The maximum Gasteiger partial charge on any atom is 0.408 e. The summed E-state index contributed by atoms with van der Waals surface area (Å²) in [4.78, 5) is 51.2. The zero-order valence-corrected chi connectivity index (χ0v) is 25.7. The molecule has 10 heteroatoms. The van der Waals surface area contributed by atoms with E-state index in [1.165, 1.54) is 0 Å². The van der Waals surface area contributed by atoms with Crippen molar-refractivity contribution in [1.29, 1.82) is 0 Å². The van der Waals surface area contributed by atoms with Crippen molar-refractivity contribution in [2.75, 3.05) is 0 Å². The van der Waals surface area contributed by atoms with Gasteiger partial charge in [-0.2, -0.15) is 0 Å². The number of hydrogen-bond acceptors (Lipinski definition) is 6. The third-order valence-corrected chi connectivity index (χ3v) is 6.23. The maximum atomic E-state index is 13.5. The first-order valence-electron chi connectivity index (χ1n) is 14.3. The van der Waals surface area contributed by atoms with E-state index in [0.29, 0.717) is 18.8 Å². The van der Waals surface area contributed by atoms with E-state index in [4.69, 9.17) is 15.2 Å². The number of carbonyl (C=O) groups is 4. The van der Waals surface area contributed by atoms with Crippen molar-refractivity contribution in [2.24, 2.45) is 17.6 Å². The molecule has 10 nitrogen and oxygen atoms in total. The number of nitrogens with two attached hydrogens (primary N) is 1. The number of benzene rings is 2. The minimum atomic E-state index is -1.05. The largest absolute Gasteiger partial charge is 0.489 e. The maximum absolute atomic E-state index is 13.5. The predicted octanol–water partition coefficient (Wildman–Crippen LogP) is 3.86. The molecule has 0 bridgehead atoms. The van der Waals surface area contributed by atoms with E-state index in [-0.39, 0.29) is 18.3 Å². The fourth-order valence-electron chi connectivity index (χ4n) is 4.13. The third-order valence-electron chi connectivity index (χ3n) is 6.23. The molecule has 0 fully saturated rings. The van der Waals surface area contributed by atoms with Crippen LogP contribution in [-0.4, -0.2) is 47.5 Å². The molecule has 5 N–H and O–H groups in total. The first kappa shape index (κ1) is 34.1. The molecule has 0 heterocycles. The molecule has 0 aliphatic heterocycles. The number of ether oxygens (including phenoxy) is 2. The molecule has 0 aliphatic carbocycles. The molecule has 0 saturated carbocycles. The number of primary amides is 1. The molecule has 0 saturated heterocycles. The summed E-state index contributed by atoms with van der Waals surface area (Å²) in [5, 5.41) is 8.07. The molecule has 0 unspecified atom stereocenters. The smallest absolute Gasteiger partial charge is 0.408 e. The van der Waals surface area contributed by atoms with E-state index < -0.39 is 47.5 Å². The molecule has 230 valence electrons. The van der Waals surface area contributed by atoms with Crippen LogP contribution in [0.3, 0.4) is 0 Å². The van der Waals surface area contributed by atoms with Crippen molar-refractivity contribution < 1.29 is 28.7 Å². The van der Waals surface area contributed by atoms with Crippen LogP contribution in [0.1, 0.15) is 66.0 Å². The standard InChI is InChI=1S/C32H46N4O6/c1-20(2)17-25(28(33)37)34-30(39)27(21(3)4)36-29(38)26(35-31(40)42-32(5,6)7)18-22-13-15-24(16-14-22)41-19-23-11-9-8-10-12-23/h8-16,20-21,25-27H,17-19H2,1-7H3,(H2,33,37)(H,34,39)(H,35,40)(H,36,38)/t25-,26-,27+/m1/s1. The fraction of sp³-hybridized carbons (Fsp3) is 0.500. The number of carbonyl (C=O) groups excluding carboxylic acids is 4. The summed E-state index contributed by atoms with van der Waals surface area (Å²) in [5.41, 5.74) is 6.52. The Kier molecular flexibility index (Phi) is 12.8. The van der Waals surface area contributed by atoms with Gasteiger partial charge in [0.25, 0.3) is 0 Å². The van der Waals surface area contributed by atoms with E-state index in [0.717, 1.165) is 11.1 Å². The summed E-state index contributed by atoms with van der Waals surface area (Å²) in [6, 6.07) is 14.1. The monoisotopic (exact) mass is 582 g/mol. The number of amides is 4. The molecule has 42 heavy (non-hydrogen) atoms. The lowest BCUT2D eigenvalue weighted by atomic mass is 9.99. The lowest BCUT2D eigenvalue weighted by Gasteiger charge is -2.28. The van der Waals surface area contributed by atoms with Crippen LogP contribution in [0.5, 0.6) is 5.75 Å². The Morgan fingerprint density at radius 1 is 0.786 bits per heavy atom. The molecular formula is C32H46N4O6. The van der Waals surface area contributed by atoms with Crippen LogP contribution in [-0.2, 0) is 32.1 Å². The van der Waals surface area contributed by atoms with Crippen LogP contribution in [0, 0.1) is 11.8 Å². The van der Waals surface area contributed by atoms with Crippen LogP contribution >= 0.6 is 0 Å². The average Bonchev–Trinajstić information content (AvgIpc) is 2.89. The fourth-order valence-corrected chi connectivity index (χ4v) is 4.13. The van der Waals surface area contributed by atoms with Crippen LogP contribution < -0.4 is 26.4 Å². The molecule has 3 atom stereocenters. The summed E-state index contributed by atoms with van der Waals surface area (Å²) < 4.78 is 11.2. The second kappa shape index (κ2) is 15.8. The zero-order valence-electron chi connectivity index (χ0n) is 25.7. The van der Waals surface area contributed by atoms with Crippen LogP contribution in [0.4, 0.5) is 4.79 Å². The van der Waals surface area contributed by atoms with Gasteiger partial charge in [0.2, 0.25) is 17.7 Å². The van der Waals surface area contributed by atoms with E-state index in [9.17, 15) is 19.2 Å². The van der Waals surface area contributed by atoms with E-state index in [2.05, 4.69) is 16.0 Å². The highest BCUT2D eigenvalue weighted by Gasteiger charge is 2.32. The van der Waals surface area contributed by atoms with Gasteiger partial charge >= 0.3 is 6.09 Å². The molecule has 2 aromatic rings. The van der Waals surface area contributed by atoms with Crippen molar-refractivity contribution in [3.63, 3.8) is 0 Å². The van der Waals surface area contributed by atoms with Crippen LogP contribution in [0.25, 0.3) is 0 Å². The quantitative estimate of drug-likeness (QED) is 0.266. The summed E-state index contributed by atoms with van der Waals surface area (Å²) >= 11 is 0. The second-order valence-electron chi connectivity index (χ2n) is 12.1. The van der Waals surface area contributed by atoms with Crippen molar-refractivity contribution in [3.05, 3.63) is 65.7 Å². The van der Waals surface area contributed by atoms with E-state index >= 15 is 0 Å². The van der Waals surface area contributed by atoms with Gasteiger partial charge in [0.15, 0.2) is 0 Å². The molecule has 0 spiro atoms. The van der Waals surface area contributed by atoms with Crippen molar-refractivity contribution >= 4 is 23.8 Å². The minimum absolute atomic E-state index is 0.118. The first-order valence-corrected chi connectivity index (χ1v) is 14.3. The highest BCUT2D eigenvalue weighted by Crippen LogP contribution is 2.16. The SMILES string of the molecule is CC(C)C[C@@H](NC(=O)[C@@H](NC(=O)[C@@H](Cc1ccc(OCc2ccccc2)cc1)NC(=O)OC(C)(C)C)C(C)C)C(N)=O. The number of alkyl carbamates (subject to hydrolysis) is 1. The van der Waals surface area contributed by atoms with Gasteiger partial charge in [0.05, 0.1) is 0 Å². The zero-order chi connectivity index (χ0) is 31.4. The van der Waals surface area contributed by atoms with E-state index in [1.807, 2.05) is 56.3 Å².